The molecule has 0 bridgehead atoms. The number of carbonyl (C=O) groups is 2. The molecule has 3 heterocycles. The quantitative estimate of drug-likeness (QED) is 0.182. The summed E-state index contributed by atoms with van der Waals surface area (Å²) in [5.74, 6) is -0.964. The summed E-state index contributed by atoms with van der Waals surface area (Å²) < 4.78 is 0. The smallest absolute Gasteiger partial charge is 0.305 e. The normalized spacial score (nSPS) is 11.8. The second-order valence-corrected chi connectivity index (χ2v) is 11.0. The third-order valence-electron chi connectivity index (χ3n) is 6.47. The van der Waals surface area contributed by atoms with Gasteiger partial charge in [-0.2, -0.15) is 5.21 Å². The summed E-state index contributed by atoms with van der Waals surface area (Å²) in [5, 5.41) is 27.4. The van der Waals surface area contributed by atoms with Crippen molar-refractivity contribution in [2.75, 3.05) is 0 Å². The van der Waals surface area contributed by atoms with Crippen LogP contribution in [0, 0.1) is 0 Å². The lowest BCUT2D eigenvalue weighted by Gasteiger charge is -2.17. The maximum atomic E-state index is 13.2. The zero-order valence-electron chi connectivity index (χ0n) is 22.6. The largest absolute Gasteiger partial charge is 0.481 e. The highest BCUT2D eigenvalue weighted by atomic mass is 35.5. The molecule has 0 saturated heterocycles. The van der Waals surface area contributed by atoms with E-state index in [-0.39, 0.29) is 17.8 Å². The van der Waals surface area contributed by atoms with Crippen LogP contribution in [0.15, 0.2) is 60.9 Å². The number of carboxylic acid groups (broad SMARTS) is 1. The molecular formula is C29H27ClN8O3S. The highest BCUT2D eigenvalue weighted by Crippen LogP contribution is 2.28. The van der Waals surface area contributed by atoms with Crippen LogP contribution >= 0.6 is 22.9 Å². The average molecular weight is 603 g/mol. The number of carbonyl (C=O) groups excluding carboxylic acids is 1. The SMILES string of the molecule is CCCc1sc(C(=O)NC(CC(=O)O)Cc2ccccc2Cl)nc1Cc1cnc(-c2ccccc2-c2nn[nH]n2)cn1. The molecule has 3 N–H and O–H groups in total. The number of rotatable bonds is 12. The number of benzene rings is 2. The Balaban J connectivity index is 1.33. The van der Waals surface area contributed by atoms with Crippen molar-refractivity contribution in [3.8, 4) is 22.6 Å². The second-order valence-electron chi connectivity index (χ2n) is 9.55. The van der Waals surface area contributed by atoms with E-state index < -0.39 is 17.9 Å². The molecule has 0 spiro atoms. The Morgan fingerprint density at radius 1 is 1.07 bits per heavy atom. The average Bonchev–Trinajstić information content (AvgIpc) is 3.66. The van der Waals surface area contributed by atoms with Gasteiger partial charge >= 0.3 is 5.97 Å². The highest BCUT2D eigenvalue weighted by molar-refractivity contribution is 7.13. The predicted octanol–water partition coefficient (Wildman–Crippen LogP) is 4.79. The third kappa shape index (κ3) is 7.01. The minimum atomic E-state index is -1.01. The molecule has 0 aliphatic carbocycles. The van der Waals surface area contributed by atoms with E-state index in [1.54, 1.807) is 24.5 Å². The third-order valence-corrected chi connectivity index (χ3v) is 8.00. The van der Waals surface area contributed by atoms with Gasteiger partial charge in [0, 0.05) is 39.7 Å². The van der Waals surface area contributed by atoms with E-state index >= 15 is 0 Å². The number of tetrazole rings is 1. The first-order valence-corrected chi connectivity index (χ1v) is 14.5. The second kappa shape index (κ2) is 13.4. The van der Waals surface area contributed by atoms with Crippen LogP contribution < -0.4 is 5.32 Å². The van der Waals surface area contributed by atoms with Gasteiger partial charge in [0.1, 0.15) is 0 Å². The molecular weight excluding hydrogens is 576 g/mol. The van der Waals surface area contributed by atoms with Crippen LogP contribution in [0.2, 0.25) is 5.02 Å². The summed E-state index contributed by atoms with van der Waals surface area (Å²) >= 11 is 7.59. The Bertz CT molecular complexity index is 1670. The fourth-order valence-electron chi connectivity index (χ4n) is 4.54. The van der Waals surface area contributed by atoms with Gasteiger partial charge < -0.3 is 10.4 Å². The molecule has 1 unspecified atom stereocenters. The number of amides is 1. The van der Waals surface area contributed by atoms with E-state index in [0.29, 0.717) is 28.7 Å². The number of nitrogens with zero attached hydrogens (tertiary/aromatic N) is 6. The Hall–Kier alpha value is -4.55. The molecule has 5 rings (SSSR count). The molecule has 0 fully saturated rings. The summed E-state index contributed by atoms with van der Waals surface area (Å²) in [7, 11) is 0. The molecule has 5 aromatic rings. The van der Waals surface area contributed by atoms with Crippen LogP contribution in [-0.2, 0) is 24.1 Å². The molecule has 0 aliphatic rings. The molecule has 2 aromatic carbocycles. The molecule has 1 atom stereocenters. The van der Waals surface area contributed by atoms with Crippen LogP contribution in [0.5, 0.6) is 0 Å². The number of aliphatic carboxylic acids is 1. The fourth-order valence-corrected chi connectivity index (χ4v) is 5.83. The maximum Gasteiger partial charge on any atom is 0.305 e. The number of aryl methyl sites for hydroxylation is 1. The number of hydrogen-bond acceptors (Lipinski definition) is 9. The number of thiazole rings is 1. The lowest BCUT2D eigenvalue weighted by molar-refractivity contribution is -0.137. The molecule has 0 saturated carbocycles. The van der Waals surface area contributed by atoms with Crippen molar-refractivity contribution in [3.63, 3.8) is 0 Å². The van der Waals surface area contributed by atoms with Crippen LogP contribution in [0.3, 0.4) is 0 Å². The first-order chi connectivity index (χ1) is 20.4. The van der Waals surface area contributed by atoms with Crippen molar-refractivity contribution in [2.45, 2.75) is 45.1 Å². The Morgan fingerprint density at radius 2 is 1.86 bits per heavy atom. The van der Waals surface area contributed by atoms with E-state index in [1.807, 2.05) is 36.4 Å². The minimum Gasteiger partial charge on any atom is -0.481 e. The standard InChI is InChI=1S/C29H27ClN8O3S/c1-2-7-25-23(13-19-15-32-24(16-31-19)20-9-4-5-10-21(20)27-35-37-38-36-27)34-29(42-25)28(41)33-18(14-26(39)40)12-17-8-3-6-11-22(17)30/h3-6,8-11,15-16,18H,2,7,12-14H2,1H3,(H,33,41)(H,39,40)(H,35,36,37,38). The van der Waals surface area contributed by atoms with Gasteiger partial charge in [0.15, 0.2) is 5.01 Å². The first-order valence-electron chi connectivity index (χ1n) is 13.3. The summed E-state index contributed by atoms with van der Waals surface area (Å²) in [6.07, 6.45) is 5.47. The Morgan fingerprint density at radius 3 is 2.55 bits per heavy atom. The van der Waals surface area contributed by atoms with Gasteiger partial charge in [0.05, 0.1) is 29.7 Å². The van der Waals surface area contributed by atoms with E-state index in [1.165, 1.54) is 11.3 Å². The van der Waals surface area contributed by atoms with Crippen molar-refractivity contribution in [1.29, 1.82) is 0 Å². The zero-order chi connectivity index (χ0) is 29.5. The molecule has 13 heteroatoms. The number of aromatic nitrogens is 7. The number of hydrogen-bond donors (Lipinski definition) is 3. The minimum absolute atomic E-state index is 0.241. The van der Waals surface area contributed by atoms with Crippen molar-refractivity contribution in [2.24, 2.45) is 0 Å². The number of nitrogens with one attached hydrogen (secondary N) is 2. The molecule has 1 amide bonds. The maximum absolute atomic E-state index is 13.2. The van der Waals surface area contributed by atoms with Crippen LogP contribution in [0.1, 0.15) is 51.4 Å². The molecule has 214 valence electrons. The topological polar surface area (TPSA) is 160 Å². The van der Waals surface area contributed by atoms with Gasteiger partial charge in [-0.15, -0.1) is 21.5 Å². The highest BCUT2D eigenvalue weighted by Gasteiger charge is 2.23. The summed E-state index contributed by atoms with van der Waals surface area (Å²) in [4.78, 5) is 39.6. The predicted molar refractivity (Wildman–Crippen MR) is 158 cm³/mol. The van der Waals surface area contributed by atoms with Crippen molar-refractivity contribution in [3.05, 3.63) is 92.8 Å². The summed E-state index contributed by atoms with van der Waals surface area (Å²) in [6, 6.07) is 14.1. The van der Waals surface area contributed by atoms with Gasteiger partial charge in [-0.25, -0.2) is 4.98 Å². The molecule has 42 heavy (non-hydrogen) atoms. The number of halogens is 1. The molecule has 3 aromatic heterocycles. The van der Waals surface area contributed by atoms with Gasteiger partial charge in [0.25, 0.3) is 5.91 Å². The molecule has 0 radical (unpaired) electrons. The van der Waals surface area contributed by atoms with E-state index in [4.69, 9.17) is 11.6 Å². The summed E-state index contributed by atoms with van der Waals surface area (Å²) in [5.41, 5.74) is 4.48. The number of H-pyrrole nitrogens is 1. The first kappa shape index (κ1) is 29.0. The van der Waals surface area contributed by atoms with Gasteiger partial charge in [-0.3, -0.25) is 19.6 Å². The van der Waals surface area contributed by atoms with Crippen molar-refractivity contribution in [1.82, 2.24) is 40.9 Å². The van der Waals surface area contributed by atoms with Crippen molar-refractivity contribution < 1.29 is 14.7 Å². The van der Waals surface area contributed by atoms with Crippen LogP contribution in [-0.4, -0.2) is 58.6 Å². The number of aromatic amines is 1. The number of carboxylic acids is 1. The molecule has 0 aliphatic heterocycles. The Kier molecular flexibility index (Phi) is 9.25. The Labute approximate surface area is 250 Å². The van der Waals surface area contributed by atoms with E-state index in [2.05, 4.69) is 47.8 Å². The molecule has 11 nitrogen and oxygen atoms in total. The van der Waals surface area contributed by atoms with E-state index in [9.17, 15) is 14.7 Å². The zero-order valence-corrected chi connectivity index (χ0v) is 24.2. The van der Waals surface area contributed by atoms with Crippen LogP contribution in [0.25, 0.3) is 22.6 Å². The van der Waals surface area contributed by atoms with Crippen LogP contribution in [0.4, 0.5) is 0 Å². The summed E-state index contributed by atoms with van der Waals surface area (Å²) in [6.45, 7) is 2.06. The van der Waals surface area contributed by atoms with Crippen molar-refractivity contribution >= 4 is 34.8 Å². The van der Waals surface area contributed by atoms with Gasteiger partial charge in [-0.05, 0) is 29.7 Å². The van der Waals surface area contributed by atoms with Gasteiger partial charge in [0.2, 0.25) is 5.82 Å². The fraction of sp³-hybridized carbons (Fsp3) is 0.241. The van der Waals surface area contributed by atoms with Gasteiger partial charge in [-0.1, -0.05) is 67.4 Å². The van der Waals surface area contributed by atoms with E-state index in [0.717, 1.165) is 40.1 Å². The monoisotopic (exact) mass is 602 g/mol. The lowest BCUT2D eigenvalue weighted by Crippen LogP contribution is -2.38. The lowest BCUT2D eigenvalue weighted by atomic mass is 10.0.